The van der Waals surface area contributed by atoms with Crippen LogP contribution in [0.4, 0.5) is 0 Å². The molecular formula is C16H12Cl2N4OS. The third kappa shape index (κ3) is 3.67. The molecule has 122 valence electrons. The van der Waals surface area contributed by atoms with Crippen LogP contribution in [0.1, 0.15) is 23.0 Å². The maximum absolute atomic E-state index is 12.2. The van der Waals surface area contributed by atoms with Gasteiger partial charge in [-0.05, 0) is 36.6 Å². The van der Waals surface area contributed by atoms with Gasteiger partial charge in [0.25, 0.3) is 5.91 Å². The number of nitrogens with zero attached hydrogens (tertiary/aromatic N) is 2. The van der Waals surface area contributed by atoms with E-state index in [4.69, 9.17) is 23.2 Å². The second kappa shape index (κ2) is 7.17. The van der Waals surface area contributed by atoms with Gasteiger partial charge in [-0.15, -0.1) is 11.3 Å². The molecule has 5 nitrogen and oxygen atoms in total. The van der Waals surface area contributed by atoms with E-state index in [1.807, 2.05) is 17.5 Å². The van der Waals surface area contributed by atoms with E-state index in [9.17, 15) is 4.79 Å². The lowest BCUT2D eigenvalue weighted by atomic mass is 10.1. The topological polar surface area (TPSA) is 70.1 Å². The van der Waals surface area contributed by atoms with Crippen LogP contribution in [0.2, 0.25) is 10.0 Å². The van der Waals surface area contributed by atoms with Gasteiger partial charge in [0.15, 0.2) is 5.69 Å². The Balaban J connectivity index is 1.73. The molecule has 0 aliphatic carbocycles. The summed E-state index contributed by atoms with van der Waals surface area (Å²) in [6.07, 6.45) is 0. The Hall–Kier alpha value is -2.15. The minimum Gasteiger partial charge on any atom is -0.276 e. The highest BCUT2D eigenvalue weighted by Gasteiger charge is 2.12. The molecule has 2 heterocycles. The Morgan fingerprint density at radius 1 is 1.29 bits per heavy atom. The van der Waals surface area contributed by atoms with Crippen molar-refractivity contribution in [1.29, 1.82) is 0 Å². The summed E-state index contributed by atoms with van der Waals surface area (Å²) < 4.78 is 0. The van der Waals surface area contributed by atoms with Crippen LogP contribution in [0.15, 0.2) is 46.9 Å². The predicted molar refractivity (Wildman–Crippen MR) is 98.0 cm³/mol. The molecule has 3 rings (SSSR count). The molecule has 0 radical (unpaired) electrons. The zero-order valence-corrected chi connectivity index (χ0v) is 14.8. The summed E-state index contributed by atoms with van der Waals surface area (Å²) >= 11 is 13.6. The number of thiophene rings is 1. The molecule has 24 heavy (non-hydrogen) atoms. The predicted octanol–water partition coefficient (Wildman–Crippen LogP) is 4.60. The number of nitrogens with one attached hydrogen (secondary N) is 2. The first-order valence-corrected chi connectivity index (χ1v) is 8.57. The third-order valence-electron chi connectivity index (χ3n) is 3.24. The molecule has 2 aromatic heterocycles. The Bertz CT molecular complexity index is 903. The van der Waals surface area contributed by atoms with Gasteiger partial charge in [0.2, 0.25) is 0 Å². The highest BCUT2D eigenvalue weighted by Crippen LogP contribution is 2.23. The van der Waals surface area contributed by atoms with Gasteiger partial charge in [-0.25, -0.2) is 5.43 Å². The lowest BCUT2D eigenvalue weighted by molar-refractivity contribution is 0.0950. The smallest absolute Gasteiger partial charge is 0.276 e. The highest BCUT2D eigenvalue weighted by molar-refractivity contribution is 7.13. The average molecular weight is 379 g/mol. The number of hydrazone groups is 1. The number of H-pyrrole nitrogens is 1. The number of benzene rings is 1. The molecule has 0 bridgehead atoms. The van der Waals surface area contributed by atoms with E-state index in [1.54, 1.807) is 42.5 Å². The van der Waals surface area contributed by atoms with Crippen molar-refractivity contribution in [2.24, 2.45) is 5.10 Å². The lowest BCUT2D eigenvalue weighted by Gasteiger charge is -2.04. The van der Waals surface area contributed by atoms with E-state index in [0.717, 1.165) is 10.6 Å². The second-order valence-electron chi connectivity index (χ2n) is 4.91. The second-order valence-corrected chi connectivity index (χ2v) is 6.70. The van der Waals surface area contributed by atoms with Crippen LogP contribution in [0.25, 0.3) is 10.6 Å². The fourth-order valence-corrected chi connectivity index (χ4v) is 3.27. The zero-order valence-electron chi connectivity index (χ0n) is 12.5. The van der Waals surface area contributed by atoms with E-state index >= 15 is 0 Å². The van der Waals surface area contributed by atoms with Gasteiger partial charge in [0.1, 0.15) is 0 Å². The first-order valence-electron chi connectivity index (χ1n) is 6.94. The summed E-state index contributed by atoms with van der Waals surface area (Å²) in [7, 11) is 0. The minimum absolute atomic E-state index is 0.261. The molecule has 0 saturated carbocycles. The van der Waals surface area contributed by atoms with E-state index in [2.05, 4.69) is 20.7 Å². The summed E-state index contributed by atoms with van der Waals surface area (Å²) in [5, 5.41) is 13.9. The molecule has 0 aliphatic heterocycles. The van der Waals surface area contributed by atoms with Crippen LogP contribution in [0, 0.1) is 0 Å². The molecule has 2 N–H and O–H groups in total. The fraction of sp³-hybridized carbons (Fsp3) is 0.0625. The van der Waals surface area contributed by atoms with Crippen molar-refractivity contribution in [3.05, 3.63) is 63.1 Å². The van der Waals surface area contributed by atoms with Gasteiger partial charge in [-0.2, -0.15) is 10.2 Å². The number of aromatic nitrogens is 2. The largest absolute Gasteiger partial charge is 0.291 e. The molecule has 3 aromatic rings. The molecule has 0 unspecified atom stereocenters. The van der Waals surface area contributed by atoms with E-state index < -0.39 is 5.91 Å². The summed E-state index contributed by atoms with van der Waals surface area (Å²) in [4.78, 5) is 13.2. The molecule has 0 fully saturated rings. The molecule has 0 aliphatic rings. The van der Waals surface area contributed by atoms with E-state index in [1.165, 1.54) is 0 Å². The van der Waals surface area contributed by atoms with Gasteiger partial charge >= 0.3 is 0 Å². The maximum Gasteiger partial charge on any atom is 0.291 e. The number of rotatable bonds is 4. The van der Waals surface area contributed by atoms with Crippen molar-refractivity contribution >= 4 is 46.2 Å². The third-order valence-corrected chi connectivity index (χ3v) is 4.69. The minimum atomic E-state index is -0.404. The lowest BCUT2D eigenvalue weighted by Crippen LogP contribution is -2.19. The first-order chi connectivity index (χ1) is 11.5. The van der Waals surface area contributed by atoms with Gasteiger partial charge in [-0.1, -0.05) is 35.3 Å². The Morgan fingerprint density at radius 2 is 2.12 bits per heavy atom. The fourth-order valence-electron chi connectivity index (χ4n) is 2.03. The number of aromatic amines is 1. The van der Waals surface area contributed by atoms with Crippen molar-refractivity contribution in [1.82, 2.24) is 15.6 Å². The number of amides is 1. The zero-order chi connectivity index (χ0) is 17.1. The molecule has 0 saturated heterocycles. The number of carbonyl (C=O) groups is 1. The van der Waals surface area contributed by atoms with Gasteiger partial charge in [-0.3, -0.25) is 9.89 Å². The van der Waals surface area contributed by atoms with Gasteiger partial charge in [0.05, 0.1) is 21.3 Å². The molecular weight excluding hydrogens is 367 g/mol. The summed E-state index contributed by atoms with van der Waals surface area (Å²) in [5.41, 5.74) is 4.79. The van der Waals surface area contributed by atoms with Crippen molar-refractivity contribution in [3.63, 3.8) is 0 Å². The summed E-state index contributed by atoms with van der Waals surface area (Å²) in [6, 6.07) is 10.7. The van der Waals surface area contributed by atoms with Crippen molar-refractivity contribution in [3.8, 4) is 10.6 Å². The normalized spacial score (nSPS) is 11.5. The van der Waals surface area contributed by atoms with E-state index in [0.29, 0.717) is 21.3 Å². The molecule has 1 amide bonds. The van der Waals surface area contributed by atoms with Crippen molar-refractivity contribution in [2.75, 3.05) is 0 Å². The quantitative estimate of drug-likeness (QED) is 0.514. The van der Waals surface area contributed by atoms with Crippen molar-refractivity contribution in [2.45, 2.75) is 6.92 Å². The van der Waals surface area contributed by atoms with Gasteiger partial charge < -0.3 is 0 Å². The Kier molecular flexibility index (Phi) is 4.99. The molecule has 0 spiro atoms. The van der Waals surface area contributed by atoms with Crippen LogP contribution >= 0.6 is 34.5 Å². The van der Waals surface area contributed by atoms with E-state index in [-0.39, 0.29) is 5.69 Å². The number of hydrogen-bond donors (Lipinski definition) is 2. The van der Waals surface area contributed by atoms with Crippen LogP contribution in [0.5, 0.6) is 0 Å². The number of halogens is 2. The van der Waals surface area contributed by atoms with Crippen LogP contribution < -0.4 is 5.43 Å². The number of carbonyl (C=O) groups excluding carboxylic acids is 1. The Labute approximate surface area is 152 Å². The first kappa shape index (κ1) is 16.7. The monoisotopic (exact) mass is 378 g/mol. The van der Waals surface area contributed by atoms with Crippen molar-refractivity contribution < 1.29 is 4.79 Å². The Morgan fingerprint density at radius 3 is 2.83 bits per heavy atom. The number of hydrogen-bond acceptors (Lipinski definition) is 4. The molecule has 8 heteroatoms. The van der Waals surface area contributed by atoms with Crippen LogP contribution in [-0.2, 0) is 0 Å². The summed E-state index contributed by atoms with van der Waals surface area (Å²) in [6.45, 7) is 1.75. The summed E-state index contributed by atoms with van der Waals surface area (Å²) in [5.74, 6) is -0.404. The standard InChI is InChI=1S/C16H12Cl2N4OS/c1-9(11-5-4-10(17)7-12(11)18)19-22-16(23)14-8-13(20-21-14)15-3-2-6-24-15/h2-8H,1H3,(H,20,21)(H,22,23)/b19-9+. The van der Waals surface area contributed by atoms with Gasteiger partial charge in [0, 0.05) is 10.6 Å². The molecule has 0 atom stereocenters. The SMILES string of the molecule is C/C(=N\NC(=O)c1cc(-c2cccs2)[nH]n1)c1ccc(Cl)cc1Cl. The highest BCUT2D eigenvalue weighted by atomic mass is 35.5. The maximum atomic E-state index is 12.2. The molecule has 1 aromatic carbocycles. The van der Waals surface area contributed by atoms with Crippen LogP contribution in [0.3, 0.4) is 0 Å². The average Bonchev–Trinajstić information content (AvgIpc) is 3.23. The van der Waals surface area contributed by atoms with Crippen LogP contribution in [-0.4, -0.2) is 21.8 Å².